The molecule has 0 radical (unpaired) electrons. The summed E-state index contributed by atoms with van der Waals surface area (Å²) in [6.07, 6.45) is 0. The number of nitrogens with zero attached hydrogens (tertiary/aromatic N) is 2. The van der Waals surface area contributed by atoms with Gasteiger partial charge >= 0.3 is 0 Å². The average Bonchev–Trinajstić information content (AvgIpc) is 2.81. The van der Waals surface area contributed by atoms with Gasteiger partial charge in [0.2, 0.25) is 0 Å². The van der Waals surface area contributed by atoms with E-state index >= 15 is 0 Å². The molecule has 1 aromatic heterocycles. The van der Waals surface area contributed by atoms with E-state index in [1.165, 1.54) is 0 Å². The Hall–Kier alpha value is -2.37. The Bertz CT molecular complexity index is 577. The quantitative estimate of drug-likeness (QED) is 0.849. The number of benzene rings is 1. The number of hydrogen-bond donors (Lipinski definition) is 2. The first-order chi connectivity index (χ1) is 8.63. The van der Waals surface area contributed by atoms with E-state index < -0.39 is 5.91 Å². The predicted molar refractivity (Wildman–Crippen MR) is 66.2 cm³/mol. The average molecular weight is 246 g/mol. The van der Waals surface area contributed by atoms with E-state index in [1.807, 2.05) is 32.0 Å². The van der Waals surface area contributed by atoms with Gasteiger partial charge in [-0.2, -0.15) is 15.4 Å². The molecule has 3 N–H and O–H groups in total. The molecule has 18 heavy (non-hydrogen) atoms. The van der Waals surface area contributed by atoms with Gasteiger partial charge in [0.1, 0.15) is 11.4 Å². The minimum absolute atomic E-state index is 0.138. The van der Waals surface area contributed by atoms with Gasteiger partial charge < -0.3 is 10.5 Å². The van der Waals surface area contributed by atoms with E-state index in [4.69, 9.17) is 10.5 Å². The van der Waals surface area contributed by atoms with Gasteiger partial charge in [-0.3, -0.25) is 4.79 Å². The summed E-state index contributed by atoms with van der Waals surface area (Å²) < 4.78 is 5.45. The van der Waals surface area contributed by atoms with Gasteiger partial charge in [-0.15, -0.1) is 0 Å². The van der Waals surface area contributed by atoms with Crippen molar-refractivity contribution in [1.29, 1.82) is 0 Å². The largest absolute Gasteiger partial charge is 0.494 e. The molecule has 0 saturated heterocycles. The molecule has 6 heteroatoms. The van der Waals surface area contributed by atoms with Gasteiger partial charge in [0.05, 0.1) is 6.61 Å². The first-order valence-electron chi connectivity index (χ1n) is 5.58. The number of nitrogens with two attached hydrogens (primary N) is 1. The first kappa shape index (κ1) is 12.1. The molecule has 0 atom stereocenters. The number of carbonyl (C=O) groups is 1. The topological polar surface area (TPSA) is 93.9 Å². The lowest BCUT2D eigenvalue weighted by Crippen LogP contribution is -2.12. The van der Waals surface area contributed by atoms with Crippen molar-refractivity contribution < 1.29 is 9.53 Å². The Morgan fingerprint density at radius 1 is 1.44 bits per heavy atom. The summed E-state index contributed by atoms with van der Waals surface area (Å²) in [5, 5.41) is 10.1. The molecule has 1 amide bonds. The van der Waals surface area contributed by atoms with Crippen LogP contribution in [0, 0.1) is 6.92 Å². The highest BCUT2D eigenvalue weighted by molar-refractivity contribution is 5.96. The second-order valence-electron chi connectivity index (χ2n) is 3.80. The zero-order chi connectivity index (χ0) is 13.1. The number of ether oxygens (including phenoxy) is 1. The monoisotopic (exact) mass is 246 g/mol. The third kappa shape index (κ3) is 2.17. The minimum atomic E-state index is -0.606. The van der Waals surface area contributed by atoms with Crippen LogP contribution in [0.25, 0.3) is 11.3 Å². The van der Waals surface area contributed by atoms with Gasteiger partial charge in [0.15, 0.2) is 5.69 Å². The second-order valence-corrected chi connectivity index (χ2v) is 3.80. The van der Waals surface area contributed by atoms with Crippen molar-refractivity contribution in [3.8, 4) is 17.0 Å². The molecule has 1 heterocycles. The predicted octanol–water partition coefficient (Wildman–Crippen LogP) is 1.28. The van der Waals surface area contributed by atoms with Crippen LogP contribution in [0.3, 0.4) is 0 Å². The van der Waals surface area contributed by atoms with Crippen molar-refractivity contribution in [2.24, 2.45) is 5.73 Å². The zero-order valence-electron chi connectivity index (χ0n) is 10.2. The van der Waals surface area contributed by atoms with Crippen LogP contribution in [0.2, 0.25) is 0 Å². The number of rotatable bonds is 4. The molecule has 0 unspecified atom stereocenters. The van der Waals surface area contributed by atoms with Crippen molar-refractivity contribution in [2.75, 3.05) is 6.61 Å². The molecule has 0 bridgehead atoms. The summed E-state index contributed by atoms with van der Waals surface area (Å²) in [5.41, 5.74) is 7.56. The highest BCUT2D eigenvalue weighted by Crippen LogP contribution is 2.26. The summed E-state index contributed by atoms with van der Waals surface area (Å²) in [6, 6.07) is 5.55. The standard InChI is InChI=1S/C12H14N4O2/c1-3-18-9-5-4-8(6-7(9)2)10-11(12(13)17)15-16-14-10/h4-6H,3H2,1-2H3,(H2,13,17)(H,14,15,16). The number of carbonyl (C=O) groups excluding carboxylic acids is 1. The molecule has 0 saturated carbocycles. The van der Waals surface area contributed by atoms with E-state index in [-0.39, 0.29) is 5.69 Å². The number of H-pyrrole nitrogens is 1. The molecule has 0 fully saturated rings. The summed E-state index contributed by atoms with van der Waals surface area (Å²) in [5.74, 6) is 0.204. The van der Waals surface area contributed by atoms with Crippen LogP contribution in [0.4, 0.5) is 0 Å². The molecule has 0 aliphatic carbocycles. The SMILES string of the molecule is CCOc1ccc(-c2n[nH]nc2C(N)=O)cc1C. The lowest BCUT2D eigenvalue weighted by Gasteiger charge is -2.08. The molecular weight excluding hydrogens is 232 g/mol. The molecule has 0 spiro atoms. The van der Waals surface area contributed by atoms with Gasteiger partial charge in [-0.05, 0) is 37.6 Å². The van der Waals surface area contributed by atoms with E-state index in [9.17, 15) is 4.79 Å². The van der Waals surface area contributed by atoms with Crippen LogP contribution in [0.5, 0.6) is 5.75 Å². The first-order valence-corrected chi connectivity index (χ1v) is 5.58. The fraction of sp³-hybridized carbons (Fsp3) is 0.250. The molecule has 2 rings (SSSR count). The molecule has 6 nitrogen and oxygen atoms in total. The summed E-state index contributed by atoms with van der Waals surface area (Å²) in [7, 11) is 0. The van der Waals surface area contributed by atoms with Crippen molar-refractivity contribution in [1.82, 2.24) is 15.4 Å². The fourth-order valence-corrected chi connectivity index (χ4v) is 1.72. The minimum Gasteiger partial charge on any atom is -0.494 e. The second kappa shape index (κ2) is 4.87. The van der Waals surface area contributed by atoms with Crippen molar-refractivity contribution >= 4 is 5.91 Å². The number of aromatic amines is 1. The Balaban J connectivity index is 2.42. The lowest BCUT2D eigenvalue weighted by atomic mass is 10.1. The number of amides is 1. The number of nitrogens with one attached hydrogen (secondary N) is 1. The maximum absolute atomic E-state index is 11.2. The normalized spacial score (nSPS) is 10.3. The Morgan fingerprint density at radius 2 is 2.22 bits per heavy atom. The maximum Gasteiger partial charge on any atom is 0.271 e. The molecule has 2 aromatic rings. The molecular formula is C12H14N4O2. The van der Waals surface area contributed by atoms with E-state index in [1.54, 1.807) is 0 Å². The summed E-state index contributed by atoms with van der Waals surface area (Å²) in [6.45, 7) is 4.46. The van der Waals surface area contributed by atoms with Crippen LogP contribution >= 0.6 is 0 Å². The van der Waals surface area contributed by atoms with E-state index in [0.29, 0.717) is 12.3 Å². The smallest absolute Gasteiger partial charge is 0.271 e. The Kier molecular flexibility index (Phi) is 3.27. The fourth-order valence-electron chi connectivity index (χ4n) is 1.72. The van der Waals surface area contributed by atoms with Gasteiger partial charge in [0.25, 0.3) is 5.91 Å². The number of aromatic nitrogens is 3. The van der Waals surface area contributed by atoms with Gasteiger partial charge in [-0.1, -0.05) is 0 Å². The third-order valence-electron chi connectivity index (χ3n) is 2.53. The molecule has 0 aliphatic rings. The highest BCUT2D eigenvalue weighted by Gasteiger charge is 2.15. The van der Waals surface area contributed by atoms with Crippen molar-refractivity contribution in [3.63, 3.8) is 0 Å². The molecule has 94 valence electrons. The third-order valence-corrected chi connectivity index (χ3v) is 2.53. The summed E-state index contributed by atoms with van der Waals surface area (Å²) in [4.78, 5) is 11.2. The van der Waals surface area contributed by atoms with Crippen LogP contribution in [0.15, 0.2) is 18.2 Å². The number of aryl methyl sites for hydroxylation is 1. The maximum atomic E-state index is 11.2. The Labute approximate surface area is 104 Å². The van der Waals surface area contributed by atoms with E-state index in [0.717, 1.165) is 16.9 Å². The number of primary amides is 1. The van der Waals surface area contributed by atoms with Crippen LogP contribution in [-0.2, 0) is 0 Å². The van der Waals surface area contributed by atoms with Crippen LogP contribution in [-0.4, -0.2) is 27.9 Å². The molecule has 0 aliphatic heterocycles. The van der Waals surface area contributed by atoms with Gasteiger partial charge in [-0.25, -0.2) is 0 Å². The summed E-state index contributed by atoms with van der Waals surface area (Å²) >= 11 is 0. The number of hydrogen-bond acceptors (Lipinski definition) is 4. The van der Waals surface area contributed by atoms with Crippen molar-refractivity contribution in [2.45, 2.75) is 13.8 Å². The lowest BCUT2D eigenvalue weighted by molar-refractivity contribution is 0.0996. The van der Waals surface area contributed by atoms with Crippen LogP contribution in [0.1, 0.15) is 23.0 Å². The van der Waals surface area contributed by atoms with E-state index in [2.05, 4.69) is 15.4 Å². The Morgan fingerprint density at radius 3 is 2.83 bits per heavy atom. The molecule has 1 aromatic carbocycles. The zero-order valence-corrected chi connectivity index (χ0v) is 10.2. The van der Waals surface area contributed by atoms with Crippen molar-refractivity contribution in [3.05, 3.63) is 29.5 Å². The highest BCUT2D eigenvalue weighted by atomic mass is 16.5. The van der Waals surface area contributed by atoms with Crippen LogP contribution < -0.4 is 10.5 Å². The van der Waals surface area contributed by atoms with Gasteiger partial charge in [0, 0.05) is 5.56 Å².